The van der Waals surface area contributed by atoms with Crippen LogP contribution in [-0.2, 0) is 6.42 Å². The van der Waals surface area contributed by atoms with Gasteiger partial charge in [0.2, 0.25) is 0 Å². The minimum absolute atomic E-state index is 0.319. The van der Waals surface area contributed by atoms with Crippen LogP contribution in [0.3, 0.4) is 0 Å². The lowest BCUT2D eigenvalue weighted by Crippen LogP contribution is -2.23. The highest BCUT2D eigenvalue weighted by molar-refractivity contribution is 7.17. The molecule has 1 N–H and O–H groups in total. The second-order valence-electron chi connectivity index (χ2n) is 4.82. The number of nitrogens with one attached hydrogen (secondary N) is 1. The van der Waals surface area contributed by atoms with Crippen molar-refractivity contribution in [2.75, 3.05) is 6.54 Å². The van der Waals surface area contributed by atoms with Crippen molar-refractivity contribution >= 4 is 21.4 Å². The number of aromatic nitrogens is 1. The van der Waals surface area contributed by atoms with Crippen LogP contribution in [0.4, 0.5) is 0 Å². The van der Waals surface area contributed by atoms with Crippen LogP contribution >= 0.6 is 11.3 Å². The van der Waals surface area contributed by atoms with Gasteiger partial charge in [-0.1, -0.05) is 37.3 Å². The summed E-state index contributed by atoms with van der Waals surface area (Å²) >= 11 is 1.78. The number of benzene rings is 1. The van der Waals surface area contributed by atoms with Crippen LogP contribution in [0.15, 0.2) is 54.0 Å². The highest BCUT2D eigenvalue weighted by Gasteiger charge is 2.13. The molecule has 1 aromatic carbocycles. The van der Waals surface area contributed by atoms with E-state index in [1.54, 1.807) is 11.3 Å². The first kappa shape index (κ1) is 13.3. The van der Waals surface area contributed by atoms with Crippen molar-refractivity contribution in [3.8, 4) is 0 Å². The van der Waals surface area contributed by atoms with Crippen LogP contribution in [0.1, 0.15) is 24.2 Å². The first-order valence-corrected chi connectivity index (χ1v) is 7.86. The van der Waals surface area contributed by atoms with E-state index in [1.807, 2.05) is 6.20 Å². The maximum Gasteiger partial charge on any atom is 0.0509 e. The summed E-state index contributed by atoms with van der Waals surface area (Å²) in [5, 5.41) is 7.00. The van der Waals surface area contributed by atoms with Crippen molar-refractivity contribution in [3.63, 3.8) is 0 Å². The molecule has 1 atom stereocenters. The number of thiophene rings is 1. The molecule has 0 spiro atoms. The molecule has 2 heterocycles. The van der Waals surface area contributed by atoms with Gasteiger partial charge in [0.15, 0.2) is 0 Å². The molecule has 102 valence electrons. The third-order valence-electron chi connectivity index (χ3n) is 3.51. The standard InChI is InChI=1S/C17H18N2S/c1-2-18-15(13-6-4-3-5-7-13)12-16-14-9-11-20-17(14)8-10-19-16/h3-11,15,18H,2,12H2,1H3. The van der Waals surface area contributed by atoms with Gasteiger partial charge in [-0.15, -0.1) is 11.3 Å². The van der Waals surface area contributed by atoms with E-state index in [2.05, 4.69) is 65.1 Å². The van der Waals surface area contributed by atoms with Crippen molar-refractivity contribution in [2.45, 2.75) is 19.4 Å². The van der Waals surface area contributed by atoms with E-state index in [1.165, 1.54) is 21.3 Å². The Hall–Kier alpha value is -1.71. The zero-order chi connectivity index (χ0) is 13.8. The van der Waals surface area contributed by atoms with Gasteiger partial charge in [0.05, 0.1) is 5.69 Å². The molecule has 0 saturated carbocycles. The highest BCUT2D eigenvalue weighted by atomic mass is 32.1. The Bertz CT molecular complexity index is 676. The van der Waals surface area contributed by atoms with Gasteiger partial charge >= 0.3 is 0 Å². The molecule has 0 aliphatic rings. The Balaban J connectivity index is 1.92. The van der Waals surface area contributed by atoms with Crippen LogP contribution in [-0.4, -0.2) is 11.5 Å². The smallest absolute Gasteiger partial charge is 0.0509 e. The molecule has 20 heavy (non-hydrogen) atoms. The summed E-state index contributed by atoms with van der Waals surface area (Å²) < 4.78 is 1.32. The average molecular weight is 282 g/mol. The Labute approximate surface area is 123 Å². The molecule has 2 aromatic heterocycles. The van der Waals surface area contributed by atoms with Crippen molar-refractivity contribution in [2.24, 2.45) is 0 Å². The van der Waals surface area contributed by atoms with Gasteiger partial charge in [-0.05, 0) is 29.6 Å². The minimum Gasteiger partial charge on any atom is -0.310 e. The summed E-state index contributed by atoms with van der Waals surface area (Å²) in [5.41, 5.74) is 2.50. The van der Waals surface area contributed by atoms with Gasteiger partial charge < -0.3 is 5.32 Å². The molecule has 0 aliphatic carbocycles. The quantitative estimate of drug-likeness (QED) is 0.759. The highest BCUT2D eigenvalue weighted by Crippen LogP contribution is 2.26. The van der Waals surface area contributed by atoms with Gasteiger partial charge in [0.25, 0.3) is 0 Å². The van der Waals surface area contributed by atoms with Gasteiger partial charge in [0.1, 0.15) is 0 Å². The van der Waals surface area contributed by atoms with Crippen LogP contribution in [0.2, 0.25) is 0 Å². The summed E-state index contributed by atoms with van der Waals surface area (Å²) in [5.74, 6) is 0. The van der Waals surface area contributed by atoms with Crippen LogP contribution in [0.25, 0.3) is 10.1 Å². The fourth-order valence-electron chi connectivity index (χ4n) is 2.55. The third-order valence-corrected chi connectivity index (χ3v) is 4.39. The lowest BCUT2D eigenvalue weighted by molar-refractivity contribution is 0.546. The van der Waals surface area contributed by atoms with E-state index in [-0.39, 0.29) is 0 Å². The van der Waals surface area contributed by atoms with E-state index >= 15 is 0 Å². The summed E-state index contributed by atoms with van der Waals surface area (Å²) in [6.07, 6.45) is 2.84. The van der Waals surface area contributed by atoms with Gasteiger partial charge in [-0.2, -0.15) is 0 Å². The third kappa shape index (κ3) is 2.74. The van der Waals surface area contributed by atoms with Gasteiger partial charge in [-0.25, -0.2) is 0 Å². The minimum atomic E-state index is 0.319. The zero-order valence-electron chi connectivity index (χ0n) is 11.5. The molecule has 1 unspecified atom stereocenters. The molecule has 3 rings (SSSR count). The average Bonchev–Trinajstić information content (AvgIpc) is 2.97. The topological polar surface area (TPSA) is 24.9 Å². The molecular weight excluding hydrogens is 264 g/mol. The van der Waals surface area contributed by atoms with E-state index in [4.69, 9.17) is 0 Å². The molecule has 3 heteroatoms. The summed E-state index contributed by atoms with van der Waals surface area (Å²) in [6, 6.07) is 15.2. The second kappa shape index (κ2) is 6.16. The SMILES string of the molecule is CCNC(Cc1nccc2sccc12)c1ccccc1. The fraction of sp³-hybridized carbons (Fsp3) is 0.235. The molecule has 3 aromatic rings. The molecule has 0 aliphatic heterocycles. The molecular formula is C17H18N2S. The predicted octanol–water partition coefficient (Wildman–Crippen LogP) is 4.19. The first-order valence-electron chi connectivity index (χ1n) is 6.98. The molecule has 0 radical (unpaired) electrons. The monoisotopic (exact) mass is 282 g/mol. The van der Waals surface area contributed by atoms with E-state index in [0.717, 1.165) is 13.0 Å². The number of fused-ring (bicyclic) bond motifs is 1. The second-order valence-corrected chi connectivity index (χ2v) is 5.76. The van der Waals surface area contributed by atoms with E-state index in [0.29, 0.717) is 6.04 Å². The molecule has 0 amide bonds. The Morgan fingerprint density at radius 3 is 2.80 bits per heavy atom. The van der Waals surface area contributed by atoms with E-state index < -0.39 is 0 Å². The number of pyridine rings is 1. The van der Waals surface area contributed by atoms with Gasteiger partial charge in [0, 0.05) is 28.7 Å². The van der Waals surface area contributed by atoms with Crippen LogP contribution in [0.5, 0.6) is 0 Å². The fourth-order valence-corrected chi connectivity index (χ4v) is 3.35. The van der Waals surface area contributed by atoms with Crippen molar-refractivity contribution < 1.29 is 0 Å². The lowest BCUT2D eigenvalue weighted by atomic mass is 10.0. The Morgan fingerprint density at radius 1 is 1.15 bits per heavy atom. The van der Waals surface area contributed by atoms with Crippen LogP contribution < -0.4 is 5.32 Å². The summed E-state index contributed by atoms with van der Waals surface area (Å²) in [4.78, 5) is 4.59. The van der Waals surface area contributed by atoms with Crippen molar-refractivity contribution in [3.05, 3.63) is 65.3 Å². The lowest BCUT2D eigenvalue weighted by Gasteiger charge is -2.18. The van der Waals surface area contributed by atoms with Crippen LogP contribution in [0, 0.1) is 0 Å². The van der Waals surface area contributed by atoms with Crippen molar-refractivity contribution in [1.29, 1.82) is 0 Å². The zero-order valence-corrected chi connectivity index (χ0v) is 12.4. The molecule has 0 saturated heterocycles. The molecule has 2 nitrogen and oxygen atoms in total. The van der Waals surface area contributed by atoms with E-state index in [9.17, 15) is 0 Å². The number of rotatable bonds is 5. The predicted molar refractivity (Wildman–Crippen MR) is 86.2 cm³/mol. The van der Waals surface area contributed by atoms with Crippen molar-refractivity contribution in [1.82, 2.24) is 10.3 Å². The first-order chi connectivity index (χ1) is 9.88. The Kier molecular flexibility index (Phi) is 4.09. The number of hydrogen-bond donors (Lipinski definition) is 1. The number of nitrogens with zero attached hydrogens (tertiary/aromatic N) is 1. The number of hydrogen-bond acceptors (Lipinski definition) is 3. The summed E-state index contributed by atoms with van der Waals surface area (Å²) in [7, 11) is 0. The molecule has 0 fully saturated rings. The maximum absolute atomic E-state index is 4.59. The number of likely N-dealkylation sites (N-methyl/N-ethyl adjacent to an activating group) is 1. The molecule has 0 bridgehead atoms. The van der Waals surface area contributed by atoms with Gasteiger partial charge in [-0.3, -0.25) is 4.98 Å². The largest absolute Gasteiger partial charge is 0.310 e. The summed E-state index contributed by atoms with van der Waals surface area (Å²) in [6.45, 7) is 3.10. The normalized spacial score (nSPS) is 12.7. The maximum atomic E-state index is 4.59. The Morgan fingerprint density at radius 2 is 2.00 bits per heavy atom.